The summed E-state index contributed by atoms with van der Waals surface area (Å²) in [6, 6.07) is 3.42. The second-order valence-corrected chi connectivity index (χ2v) is 2.29. The minimum atomic E-state index is -1.46. The van der Waals surface area contributed by atoms with Crippen molar-refractivity contribution in [3.8, 4) is 0 Å². The van der Waals surface area contributed by atoms with Gasteiger partial charge in [-0.25, -0.2) is 4.79 Å². The number of aliphatic carboxylic acids is 1. The monoisotopic (exact) mass is 177 g/mol. The molecule has 0 fully saturated rings. The average molecular weight is 177 g/mol. The van der Waals surface area contributed by atoms with Gasteiger partial charge in [0.25, 0.3) is 5.78 Å². The summed E-state index contributed by atoms with van der Waals surface area (Å²) in [7, 11) is 0. The summed E-state index contributed by atoms with van der Waals surface area (Å²) in [5, 5.41) is 8.24. The summed E-state index contributed by atoms with van der Waals surface area (Å²) in [6.45, 7) is 0. The summed E-state index contributed by atoms with van der Waals surface area (Å²) in [5.41, 5.74) is 0.692. The fraction of sp³-hybridized carbons (Fsp3) is 0. The zero-order valence-corrected chi connectivity index (χ0v) is 6.68. The number of carbonyl (C=O) groups is 2. The lowest BCUT2D eigenvalue weighted by Gasteiger charge is -1.88. The summed E-state index contributed by atoms with van der Waals surface area (Å²) in [5.74, 6) is -2.40. The highest BCUT2D eigenvalue weighted by Gasteiger charge is 2.04. The molecular formula is C9H7NO3. The summed E-state index contributed by atoms with van der Waals surface area (Å²) in [6.07, 6.45) is 5.53. The smallest absolute Gasteiger partial charge is 0.376 e. The Bertz CT molecular complexity index is 343. The predicted octanol–water partition coefficient (Wildman–Crippen LogP) is 0.748. The van der Waals surface area contributed by atoms with Crippen LogP contribution in [0.2, 0.25) is 0 Å². The molecule has 4 heteroatoms. The molecule has 13 heavy (non-hydrogen) atoms. The molecule has 0 radical (unpaired) electrons. The number of pyridine rings is 1. The SMILES string of the molecule is O=C(O)C(=O)/C=C/c1cccnc1. The van der Waals surface area contributed by atoms with Gasteiger partial charge in [0.15, 0.2) is 0 Å². The van der Waals surface area contributed by atoms with E-state index in [0.717, 1.165) is 6.08 Å². The Balaban J connectivity index is 2.70. The number of carboxylic acid groups (broad SMARTS) is 1. The third-order valence-corrected chi connectivity index (χ3v) is 1.32. The molecule has 1 N–H and O–H groups in total. The van der Waals surface area contributed by atoms with Crippen molar-refractivity contribution in [3.63, 3.8) is 0 Å². The number of ketones is 1. The Morgan fingerprint density at radius 2 is 2.23 bits per heavy atom. The van der Waals surface area contributed by atoms with Gasteiger partial charge in [-0.1, -0.05) is 6.07 Å². The van der Waals surface area contributed by atoms with E-state index in [-0.39, 0.29) is 0 Å². The first-order valence-electron chi connectivity index (χ1n) is 3.55. The van der Waals surface area contributed by atoms with Crippen molar-refractivity contribution >= 4 is 17.8 Å². The molecule has 0 unspecified atom stereocenters. The van der Waals surface area contributed by atoms with Crippen molar-refractivity contribution in [2.24, 2.45) is 0 Å². The van der Waals surface area contributed by atoms with E-state index in [2.05, 4.69) is 4.98 Å². The molecule has 0 spiro atoms. The Hall–Kier alpha value is -1.97. The third-order valence-electron chi connectivity index (χ3n) is 1.32. The van der Waals surface area contributed by atoms with Gasteiger partial charge in [0, 0.05) is 12.4 Å². The van der Waals surface area contributed by atoms with Crippen LogP contribution in [-0.4, -0.2) is 21.8 Å². The Morgan fingerprint density at radius 3 is 2.77 bits per heavy atom. The number of aromatic nitrogens is 1. The average Bonchev–Trinajstić information content (AvgIpc) is 2.15. The minimum absolute atomic E-state index is 0.692. The molecule has 1 aromatic heterocycles. The fourth-order valence-electron chi connectivity index (χ4n) is 0.718. The van der Waals surface area contributed by atoms with E-state index in [1.165, 1.54) is 12.3 Å². The first kappa shape index (κ1) is 9.12. The minimum Gasteiger partial charge on any atom is -0.475 e. The molecule has 4 nitrogen and oxygen atoms in total. The molecule has 0 saturated carbocycles. The van der Waals surface area contributed by atoms with Gasteiger partial charge < -0.3 is 5.11 Å². The Morgan fingerprint density at radius 1 is 1.46 bits per heavy atom. The first-order valence-corrected chi connectivity index (χ1v) is 3.55. The molecule has 66 valence electrons. The number of hydrogen-bond donors (Lipinski definition) is 1. The summed E-state index contributed by atoms with van der Waals surface area (Å²) < 4.78 is 0. The van der Waals surface area contributed by atoms with Crippen LogP contribution in [-0.2, 0) is 9.59 Å². The van der Waals surface area contributed by atoms with E-state index in [4.69, 9.17) is 5.11 Å². The second-order valence-electron chi connectivity index (χ2n) is 2.29. The van der Waals surface area contributed by atoms with Crippen molar-refractivity contribution in [1.29, 1.82) is 0 Å². The van der Waals surface area contributed by atoms with Crippen LogP contribution in [0, 0.1) is 0 Å². The normalized spacial score (nSPS) is 10.2. The molecule has 0 aliphatic carbocycles. The second kappa shape index (κ2) is 4.15. The molecular weight excluding hydrogens is 170 g/mol. The molecule has 1 aromatic rings. The highest BCUT2D eigenvalue weighted by atomic mass is 16.4. The van der Waals surface area contributed by atoms with Crippen LogP contribution in [0.15, 0.2) is 30.6 Å². The maximum atomic E-state index is 10.6. The van der Waals surface area contributed by atoms with Gasteiger partial charge >= 0.3 is 5.97 Å². The van der Waals surface area contributed by atoms with Crippen molar-refractivity contribution < 1.29 is 14.7 Å². The largest absolute Gasteiger partial charge is 0.475 e. The van der Waals surface area contributed by atoms with Crippen molar-refractivity contribution in [2.45, 2.75) is 0 Å². The van der Waals surface area contributed by atoms with Gasteiger partial charge in [-0.2, -0.15) is 0 Å². The Kier molecular flexibility index (Phi) is 2.92. The molecule has 1 rings (SSSR count). The number of carbonyl (C=O) groups excluding carboxylic acids is 1. The molecule has 0 aliphatic rings. The number of carboxylic acids is 1. The molecule has 0 aliphatic heterocycles. The highest BCUT2D eigenvalue weighted by molar-refractivity contribution is 6.38. The van der Waals surface area contributed by atoms with Crippen LogP contribution >= 0.6 is 0 Å². The van der Waals surface area contributed by atoms with Crippen LogP contribution in [0.5, 0.6) is 0 Å². The third kappa shape index (κ3) is 2.86. The van der Waals surface area contributed by atoms with Crippen molar-refractivity contribution in [3.05, 3.63) is 36.2 Å². The lowest BCUT2D eigenvalue weighted by atomic mass is 10.2. The van der Waals surface area contributed by atoms with Gasteiger partial charge in [-0.05, 0) is 23.8 Å². The number of rotatable bonds is 3. The fourth-order valence-corrected chi connectivity index (χ4v) is 0.718. The summed E-state index contributed by atoms with van der Waals surface area (Å²) >= 11 is 0. The first-order chi connectivity index (χ1) is 6.20. The van der Waals surface area contributed by atoms with Gasteiger partial charge in [-0.3, -0.25) is 9.78 Å². The maximum absolute atomic E-state index is 10.6. The van der Waals surface area contributed by atoms with Gasteiger partial charge in [0.2, 0.25) is 0 Å². The molecule has 0 aromatic carbocycles. The van der Waals surface area contributed by atoms with Crippen LogP contribution in [0.1, 0.15) is 5.56 Å². The van der Waals surface area contributed by atoms with Crippen LogP contribution in [0.25, 0.3) is 6.08 Å². The van der Waals surface area contributed by atoms with E-state index < -0.39 is 11.8 Å². The van der Waals surface area contributed by atoms with E-state index in [1.807, 2.05) is 0 Å². The maximum Gasteiger partial charge on any atom is 0.376 e. The van der Waals surface area contributed by atoms with Gasteiger partial charge in [-0.15, -0.1) is 0 Å². The van der Waals surface area contributed by atoms with E-state index >= 15 is 0 Å². The highest BCUT2D eigenvalue weighted by Crippen LogP contribution is 1.98. The number of nitrogens with zero attached hydrogens (tertiary/aromatic N) is 1. The van der Waals surface area contributed by atoms with E-state index in [0.29, 0.717) is 5.56 Å². The lowest BCUT2D eigenvalue weighted by molar-refractivity contribution is -0.146. The van der Waals surface area contributed by atoms with Gasteiger partial charge in [0.1, 0.15) is 0 Å². The standard InChI is InChI=1S/C9H7NO3/c11-8(9(12)13)4-3-7-2-1-5-10-6-7/h1-6H,(H,12,13)/b4-3+. The van der Waals surface area contributed by atoms with Crippen molar-refractivity contribution in [1.82, 2.24) is 4.98 Å². The van der Waals surface area contributed by atoms with Crippen LogP contribution in [0.4, 0.5) is 0 Å². The summed E-state index contributed by atoms with van der Waals surface area (Å²) in [4.78, 5) is 24.5. The molecule has 1 heterocycles. The Labute approximate surface area is 74.5 Å². The zero-order valence-electron chi connectivity index (χ0n) is 6.68. The van der Waals surface area contributed by atoms with E-state index in [9.17, 15) is 9.59 Å². The lowest BCUT2D eigenvalue weighted by Crippen LogP contribution is -2.08. The molecule has 0 saturated heterocycles. The van der Waals surface area contributed by atoms with Gasteiger partial charge in [0.05, 0.1) is 0 Å². The van der Waals surface area contributed by atoms with Crippen molar-refractivity contribution in [2.75, 3.05) is 0 Å². The van der Waals surface area contributed by atoms with Crippen LogP contribution in [0.3, 0.4) is 0 Å². The molecule has 0 amide bonds. The zero-order chi connectivity index (χ0) is 9.68. The molecule has 0 atom stereocenters. The number of hydrogen-bond acceptors (Lipinski definition) is 3. The predicted molar refractivity (Wildman–Crippen MR) is 45.9 cm³/mol. The van der Waals surface area contributed by atoms with E-state index in [1.54, 1.807) is 18.3 Å². The topological polar surface area (TPSA) is 67.3 Å². The quantitative estimate of drug-likeness (QED) is 0.546. The molecule has 0 bridgehead atoms. The van der Waals surface area contributed by atoms with Crippen LogP contribution < -0.4 is 0 Å².